The third-order valence-electron chi connectivity index (χ3n) is 4.06. The second-order valence-corrected chi connectivity index (χ2v) is 5.69. The summed E-state index contributed by atoms with van der Waals surface area (Å²) in [4.78, 5) is 22.7. The monoisotopic (exact) mass is 285 g/mol. The summed E-state index contributed by atoms with van der Waals surface area (Å²) in [5.74, 6) is -0.971. The molecule has 2 rings (SSSR count). The highest BCUT2D eigenvalue weighted by atomic mass is 16.5. The third kappa shape index (κ3) is 4.45. The first-order valence-corrected chi connectivity index (χ1v) is 7.32. The van der Waals surface area contributed by atoms with E-state index in [1.54, 1.807) is 0 Å². The van der Waals surface area contributed by atoms with Crippen LogP contribution in [-0.4, -0.2) is 48.4 Å². The van der Waals surface area contributed by atoms with Crippen molar-refractivity contribution in [1.29, 1.82) is 0 Å². The van der Waals surface area contributed by atoms with Gasteiger partial charge >= 0.3 is 5.97 Å². The van der Waals surface area contributed by atoms with Gasteiger partial charge in [-0.25, -0.2) is 0 Å². The molecule has 0 unspecified atom stereocenters. The number of rotatable bonds is 7. The van der Waals surface area contributed by atoms with Crippen molar-refractivity contribution in [2.75, 3.05) is 19.8 Å². The smallest absolute Gasteiger partial charge is 0.305 e. The number of carboxylic acids is 1. The molecule has 2 aliphatic rings. The maximum absolute atomic E-state index is 11.9. The van der Waals surface area contributed by atoms with Crippen molar-refractivity contribution in [3.63, 3.8) is 0 Å². The fraction of sp³-hybridized carbons (Fsp3) is 0.857. The van der Waals surface area contributed by atoms with Crippen molar-refractivity contribution >= 4 is 11.9 Å². The topological polar surface area (TPSA) is 84.9 Å². The minimum absolute atomic E-state index is 0.0135. The Hall–Kier alpha value is -1.14. The van der Waals surface area contributed by atoms with Gasteiger partial charge in [0.2, 0.25) is 5.91 Å². The molecule has 0 radical (unpaired) electrons. The summed E-state index contributed by atoms with van der Waals surface area (Å²) in [6.45, 7) is 1.83. The van der Waals surface area contributed by atoms with Crippen molar-refractivity contribution in [2.45, 2.75) is 56.6 Å². The lowest BCUT2D eigenvalue weighted by molar-refractivity contribution is -0.140. The van der Waals surface area contributed by atoms with Gasteiger partial charge in [-0.05, 0) is 32.1 Å². The fourth-order valence-electron chi connectivity index (χ4n) is 2.76. The van der Waals surface area contributed by atoms with Crippen LogP contribution < -0.4 is 5.32 Å². The molecular weight excluding hydrogens is 262 g/mol. The lowest BCUT2D eigenvalue weighted by Crippen LogP contribution is -2.54. The van der Waals surface area contributed by atoms with Gasteiger partial charge in [-0.3, -0.25) is 9.59 Å². The molecule has 0 bridgehead atoms. The number of amides is 1. The van der Waals surface area contributed by atoms with E-state index >= 15 is 0 Å². The summed E-state index contributed by atoms with van der Waals surface area (Å²) in [6, 6.07) is 0. The van der Waals surface area contributed by atoms with Crippen molar-refractivity contribution < 1.29 is 24.2 Å². The zero-order valence-electron chi connectivity index (χ0n) is 11.7. The van der Waals surface area contributed by atoms with E-state index in [-0.39, 0.29) is 18.4 Å². The van der Waals surface area contributed by atoms with Gasteiger partial charge < -0.3 is 19.9 Å². The van der Waals surface area contributed by atoms with Gasteiger partial charge in [-0.15, -0.1) is 0 Å². The van der Waals surface area contributed by atoms with Crippen molar-refractivity contribution in [3.05, 3.63) is 0 Å². The van der Waals surface area contributed by atoms with Crippen molar-refractivity contribution in [3.8, 4) is 0 Å². The Morgan fingerprint density at radius 1 is 1.30 bits per heavy atom. The molecule has 1 amide bonds. The van der Waals surface area contributed by atoms with Gasteiger partial charge in [0.1, 0.15) is 0 Å². The molecule has 0 aromatic carbocycles. The molecule has 0 aromatic rings. The van der Waals surface area contributed by atoms with Crippen LogP contribution in [0.5, 0.6) is 0 Å². The number of carbonyl (C=O) groups is 2. The summed E-state index contributed by atoms with van der Waals surface area (Å²) < 4.78 is 10.9. The van der Waals surface area contributed by atoms with Crippen LogP contribution in [0.2, 0.25) is 0 Å². The van der Waals surface area contributed by atoms with Gasteiger partial charge in [0.05, 0.1) is 24.7 Å². The van der Waals surface area contributed by atoms with E-state index in [1.807, 2.05) is 0 Å². The number of aliphatic carboxylic acids is 1. The van der Waals surface area contributed by atoms with Gasteiger partial charge in [-0.1, -0.05) is 0 Å². The third-order valence-corrected chi connectivity index (χ3v) is 4.06. The molecule has 1 saturated carbocycles. The van der Waals surface area contributed by atoms with E-state index in [0.29, 0.717) is 13.0 Å². The average Bonchev–Trinajstić information content (AvgIpc) is 2.37. The standard InChI is InChI=1S/C14H23NO5/c16-12(4-9-20-11-2-7-19-8-3-11)15-14(5-1-6-14)10-13(17)18/h11H,1-10H2,(H,15,16)(H,17,18). The molecule has 0 spiro atoms. The van der Waals surface area contributed by atoms with E-state index in [1.165, 1.54) is 0 Å². The molecule has 1 saturated heterocycles. The predicted molar refractivity (Wildman–Crippen MR) is 71.4 cm³/mol. The Morgan fingerprint density at radius 3 is 2.55 bits per heavy atom. The second kappa shape index (κ2) is 7.04. The molecule has 6 heteroatoms. The molecule has 0 atom stereocenters. The normalized spacial score (nSPS) is 22.0. The largest absolute Gasteiger partial charge is 0.481 e. The molecule has 2 N–H and O–H groups in total. The van der Waals surface area contributed by atoms with Gasteiger partial charge in [-0.2, -0.15) is 0 Å². The minimum Gasteiger partial charge on any atom is -0.481 e. The van der Waals surface area contributed by atoms with Crippen molar-refractivity contribution in [1.82, 2.24) is 5.32 Å². The molecule has 1 aliphatic heterocycles. The number of hydrogen-bond donors (Lipinski definition) is 2. The van der Waals surface area contributed by atoms with E-state index in [9.17, 15) is 9.59 Å². The Labute approximate surface area is 118 Å². The van der Waals surface area contributed by atoms with E-state index < -0.39 is 11.5 Å². The Bertz CT molecular complexity index is 347. The van der Waals surface area contributed by atoms with Crippen LogP contribution >= 0.6 is 0 Å². The first kappa shape index (κ1) is 15.3. The molecule has 1 heterocycles. The molecule has 6 nitrogen and oxygen atoms in total. The Kier molecular flexibility index (Phi) is 5.37. The summed E-state index contributed by atoms with van der Waals surface area (Å²) in [7, 11) is 0. The van der Waals surface area contributed by atoms with Crippen molar-refractivity contribution in [2.24, 2.45) is 0 Å². The van der Waals surface area contributed by atoms with Crippen LogP contribution in [-0.2, 0) is 19.1 Å². The van der Waals surface area contributed by atoms with Crippen LogP contribution in [0.3, 0.4) is 0 Å². The lowest BCUT2D eigenvalue weighted by atomic mass is 9.74. The molecule has 1 aliphatic carbocycles. The second-order valence-electron chi connectivity index (χ2n) is 5.69. The number of carbonyl (C=O) groups excluding carboxylic acids is 1. The summed E-state index contributed by atoms with van der Waals surface area (Å²) >= 11 is 0. The van der Waals surface area contributed by atoms with Crippen LogP contribution in [0.4, 0.5) is 0 Å². The first-order valence-electron chi connectivity index (χ1n) is 7.32. The summed E-state index contributed by atoms with van der Waals surface area (Å²) in [6.07, 6.45) is 4.74. The molecular formula is C14H23NO5. The zero-order chi connectivity index (χ0) is 14.4. The van der Waals surface area contributed by atoms with Crippen LogP contribution in [0.15, 0.2) is 0 Å². The van der Waals surface area contributed by atoms with E-state index in [2.05, 4.69) is 5.32 Å². The highest BCUT2D eigenvalue weighted by Crippen LogP contribution is 2.34. The Balaban J connectivity index is 1.65. The molecule has 114 valence electrons. The number of ether oxygens (including phenoxy) is 2. The molecule has 20 heavy (non-hydrogen) atoms. The SMILES string of the molecule is O=C(O)CC1(NC(=O)CCOC2CCOCC2)CCC1. The fourth-order valence-corrected chi connectivity index (χ4v) is 2.76. The van der Waals surface area contributed by atoms with Crippen LogP contribution in [0.1, 0.15) is 44.9 Å². The quantitative estimate of drug-likeness (QED) is 0.731. The summed E-state index contributed by atoms with van der Waals surface area (Å²) in [5, 5.41) is 11.8. The molecule has 0 aromatic heterocycles. The number of nitrogens with one attached hydrogen (secondary N) is 1. The lowest BCUT2D eigenvalue weighted by Gasteiger charge is -2.41. The zero-order valence-corrected chi connectivity index (χ0v) is 11.7. The van der Waals surface area contributed by atoms with Crippen LogP contribution in [0, 0.1) is 0 Å². The molecule has 2 fully saturated rings. The Morgan fingerprint density at radius 2 is 2.00 bits per heavy atom. The number of hydrogen-bond acceptors (Lipinski definition) is 4. The van der Waals surface area contributed by atoms with Gasteiger partial charge in [0.25, 0.3) is 0 Å². The van der Waals surface area contributed by atoms with E-state index in [4.69, 9.17) is 14.6 Å². The predicted octanol–water partition coefficient (Wildman–Crippen LogP) is 1.09. The minimum atomic E-state index is -0.858. The maximum atomic E-state index is 11.9. The summed E-state index contributed by atoms with van der Waals surface area (Å²) in [5.41, 5.74) is -0.512. The average molecular weight is 285 g/mol. The first-order chi connectivity index (χ1) is 9.60. The van der Waals surface area contributed by atoms with Gasteiger partial charge in [0, 0.05) is 19.6 Å². The highest BCUT2D eigenvalue weighted by Gasteiger charge is 2.40. The number of carboxylic acid groups (broad SMARTS) is 1. The van der Waals surface area contributed by atoms with E-state index in [0.717, 1.165) is 45.3 Å². The van der Waals surface area contributed by atoms with Gasteiger partial charge in [0.15, 0.2) is 0 Å². The maximum Gasteiger partial charge on any atom is 0.305 e. The highest BCUT2D eigenvalue weighted by molar-refractivity contribution is 5.78. The van der Waals surface area contributed by atoms with Crippen LogP contribution in [0.25, 0.3) is 0 Å².